The van der Waals surface area contributed by atoms with Crippen molar-refractivity contribution >= 4 is 28.8 Å². The molecular weight excluding hydrogens is 352 g/mol. The van der Waals surface area contributed by atoms with Crippen molar-refractivity contribution in [1.29, 1.82) is 0 Å². The molecule has 3 rings (SSSR count). The molecule has 0 spiro atoms. The molecule has 3 N–H and O–H groups in total. The number of aryl methyl sites for hydroxylation is 1. The predicted octanol–water partition coefficient (Wildman–Crippen LogP) is 3.06. The molecule has 2 aromatic carbocycles. The Morgan fingerprint density at radius 2 is 2.04 bits per heavy atom. The second-order valence-corrected chi connectivity index (χ2v) is 6.59. The van der Waals surface area contributed by atoms with Crippen molar-refractivity contribution in [2.75, 3.05) is 18.9 Å². The summed E-state index contributed by atoms with van der Waals surface area (Å²) in [5, 5.41) is 3.45. The van der Waals surface area contributed by atoms with Crippen molar-refractivity contribution in [2.45, 2.75) is 19.9 Å². The normalized spacial score (nSPS) is 11.4. The second-order valence-electron chi connectivity index (χ2n) is 6.59. The van der Waals surface area contributed by atoms with Crippen molar-refractivity contribution in [3.63, 3.8) is 0 Å². The molecule has 0 amide bonds. The maximum atomic E-state index is 11.3. The number of nitrogens with two attached hydrogens (primary N) is 1. The monoisotopic (exact) mass is 378 g/mol. The largest absolute Gasteiger partial charge is 0.463 e. The number of imidazole rings is 1. The van der Waals surface area contributed by atoms with E-state index >= 15 is 0 Å². The molecule has 1 heterocycles. The molecule has 3 aromatic rings. The highest BCUT2D eigenvalue weighted by Crippen LogP contribution is 2.18. The van der Waals surface area contributed by atoms with Gasteiger partial charge in [-0.15, -0.1) is 0 Å². The molecule has 0 aliphatic carbocycles. The minimum absolute atomic E-state index is 0.321. The summed E-state index contributed by atoms with van der Waals surface area (Å²) in [7, 11) is 2.03. The van der Waals surface area contributed by atoms with Crippen molar-refractivity contribution in [3.8, 4) is 0 Å². The number of anilines is 1. The number of nitrogen functional groups attached to an aromatic ring is 1. The fourth-order valence-electron chi connectivity index (χ4n) is 3.02. The van der Waals surface area contributed by atoms with Gasteiger partial charge in [-0.25, -0.2) is 9.78 Å². The van der Waals surface area contributed by atoms with Crippen LogP contribution in [0.5, 0.6) is 0 Å². The number of hydrogen-bond donors (Lipinski definition) is 2. The molecule has 0 aliphatic heterocycles. The molecule has 0 aliphatic rings. The first kappa shape index (κ1) is 19.6. The zero-order valence-electron chi connectivity index (χ0n) is 16.3. The van der Waals surface area contributed by atoms with Crippen LogP contribution in [0, 0.1) is 0 Å². The van der Waals surface area contributed by atoms with Crippen LogP contribution < -0.4 is 11.1 Å². The first-order chi connectivity index (χ1) is 13.6. The lowest BCUT2D eigenvalue weighted by molar-refractivity contribution is -0.137. The summed E-state index contributed by atoms with van der Waals surface area (Å²) in [5.41, 5.74) is 10.8. The number of benzene rings is 2. The highest BCUT2D eigenvalue weighted by molar-refractivity contribution is 5.87. The van der Waals surface area contributed by atoms with E-state index in [9.17, 15) is 4.79 Å². The Hall–Kier alpha value is -3.12. The number of fused-ring (bicyclic) bond motifs is 1. The summed E-state index contributed by atoms with van der Waals surface area (Å²) in [5.74, 6) is 0.713. The topological polar surface area (TPSA) is 82.2 Å². The van der Waals surface area contributed by atoms with Crippen LogP contribution in [0.4, 0.5) is 5.69 Å². The van der Waals surface area contributed by atoms with Crippen molar-refractivity contribution in [2.24, 2.45) is 7.05 Å². The molecule has 146 valence electrons. The van der Waals surface area contributed by atoms with Crippen molar-refractivity contribution < 1.29 is 9.53 Å². The number of nitrogens with one attached hydrogen (secondary N) is 1. The fraction of sp³-hybridized carbons (Fsp3) is 0.273. The van der Waals surface area contributed by atoms with Gasteiger partial charge >= 0.3 is 5.97 Å². The smallest absolute Gasteiger partial charge is 0.330 e. The lowest BCUT2D eigenvalue weighted by Crippen LogP contribution is -2.18. The third-order valence-electron chi connectivity index (χ3n) is 4.53. The number of nitrogens with zero attached hydrogens (tertiary/aromatic N) is 2. The molecule has 0 unspecified atom stereocenters. The van der Waals surface area contributed by atoms with Crippen LogP contribution in [0.25, 0.3) is 17.1 Å². The molecular formula is C22H26N4O2. The van der Waals surface area contributed by atoms with Gasteiger partial charge in [0.2, 0.25) is 0 Å². The Bertz CT molecular complexity index is 974. The maximum Gasteiger partial charge on any atom is 0.330 e. The van der Waals surface area contributed by atoms with E-state index in [2.05, 4.69) is 27.0 Å². The minimum atomic E-state index is -0.321. The first-order valence-corrected chi connectivity index (χ1v) is 9.42. The van der Waals surface area contributed by atoms with Gasteiger partial charge in [0, 0.05) is 38.3 Å². The second kappa shape index (κ2) is 9.19. The molecule has 0 saturated heterocycles. The lowest BCUT2D eigenvalue weighted by Gasteiger charge is -2.06. The molecule has 0 atom stereocenters. The quantitative estimate of drug-likeness (QED) is 0.272. The van der Waals surface area contributed by atoms with E-state index in [-0.39, 0.29) is 5.97 Å². The Morgan fingerprint density at radius 3 is 2.79 bits per heavy atom. The highest BCUT2D eigenvalue weighted by Gasteiger charge is 2.07. The van der Waals surface area contributed by atoms with Crippen LogP contribution in [0.15, 0.2) is 48.5 Å². The summed E-state index contributed by atoms with van der Waals surface area (Å²) in [6.07, 6.45) is 4.04. The molecule has 0 saturated carbocycles. The van der Waals surface area contributed by atoms with E-state index in [1.54, 1.807) is 13.0 Å². The molecule has 28 heavy (non-hydrogen) atoms. The minimum Gasteiger partial charge on any atom is -0.463 e. The lowest BCUT2D eigenvalue weighted by atomic mass is 10.1. The first-order valence-electron chi connectivity index (χ1n) is 9.42. The molecule has 0 radical (unpaired) electrons. The summed E-state index contributed by atoms with van der Waals surface area (Å²) in [6.45, 7) is 3.78. The number of esters is 1. The van der Waals surface area contributed by atoms with Gasteiger partial charge in [-0.2, -0.15) is 0 Å². The van der Waals surface area contributed by atoms with E-state index < -0.39 is 0 Å². The van der Waals surface area contributed by atoms with E-state index in [1.165, 1.54) is 11.6 Å². The predicted molar refractivity (Wildman–Crippen MR) is 113 cm³/mol. The molecule has 6 heteroatoms. The van der Waals surface area contributed by atoms with E-state index in [0.29, 0.717) is 6.61 Å². The average molecular weight is 378 g/mol. The van der Waals surface area contributed by atoms with Gasteiger partial charge in [0.05, 0.1) is 17.6 Å². The van der Waals surface area contributed by atoms with Crippen LogP contribution >= 0.6 is 0 Å². The molecule has 0 fully saturated rings. The summed E-state index contributed by atoms with van der Waals surface area (Å²) in [4.78, 5) is 16.0. The fourth-order valence-corrected chi connectivity index (χ4v) is 3.02. The van der Waals surface area contributed by atoms with Gasteiger partial charge in [0.15, 0.2) is 0 Å². The number of carbonyl (C=O) groups is 1. The zero-order chi connectivity index (χ0) is 19.9. The van der Waals surface area contributed by atoms with E-state index in [0.717, 1.165) is 47.6 Å². The third kappa shape index (κ3) is 4.98. The maximum absolute atomic E-state index is 11.3. The number of aromatic nitrogens is 2. The van der Waals surface area contributed by atoms with Crippen molar-refractivity contribution in [3.05, 3.63) is 65.5 Å². The van der Waals surface area contributed by atoms with Gasteiger partial charge in [-0.05, 0) is 42.3 Å². The Morgan fingerprint density at radius 1 is 1.25 bits per heavy atom. The van der Waals surface area contributed by atoms with E-state index in [4.69, 9.17) is 10.5 Å². The van der Waals surface area contributed by atoms with Crippen LogP contribution in [0.3, 0.4) is 0 Å². The summed E-state index contributed by atoms with van der Waals surface area (Å²) < 4.78 is 6.99. The summed E-state index contributed by atoms with van der Waals surface area (Å²) in [6, 6.07) is 13.9. The molecule has 1 aromatic heterocycles. The summed E-state index contributed by atoms with van der Waals surface area (Å²) >= 11 is 0. The SMILES string of the molecule is CCOC(=O)/C=C/c1ccc(CNCCc2nc3cc(N)ccc3n2C)cc1. The van der Waals surface area contributed by atoms with Crippen LogP contribution in [-0.2, 0) is 29.5 Å². The van der Waals surface area contributed by atoms with Gasteiger partial charge < -0.3 is 20.4 Å². The Kier molecular flexibility index (Phi) is 6.45. The Balaban J connectivity index is 1.49. The zero-order valence-corrected chi connectivity index (χ0v) is 16.3. The number of hydrogen-bond acceptors (Lipinski definition) is 5. The number of rotatable bonds is 8. The van der Waals surface area contributed by atoms with Gasteiger partial charge in [-0.1, -0.05) is 24.3 Å². The number of ether oxygens (including phenoxy) is 1. The van der Waals surface area contributed by atoms with Crippen molar-refractivity contribution in [1.82, 2.24) is 14.9 Å². The van der Waals surface area contributed by atoms with Gasteiger partial charge in [0.1, 0.15) is 5.82 Å². The van der Waals surface area contributed by atoms with Crippen LogP contribution in [0.1, 0.15) is 23.9 Å². The van der Waals surface area contributed by atoms with Gasteiger partial charge in [-0.3, -0.25) is 0 Å². The highest BCUT2D eigenvalue weighted by atomic mass is 16.5. The van der Waals surface area contributed by atoms with Gasteiger partial charge in [0.25, 0.3) is 0 Å². The van der Waals surface area contributed by atoms with Crippen LogP contribution in [0.2, 0.25) is 0 Å². The molecule has 0 bridgehead atoms. The molecule has 6 nitrogen and oxygen atoms in total. The standard InChI is InChI=1S/C22H26N4O2/c1-3-28-22(27)11-8-16-4-6-17(7-5-16)15-24-13-12-21-25-19-14-18(23)9-10-20(19)26(21)2/h4-11,14,24H,3,12-13,15,23H2,1-2H3/b11-8+. The van der Waals surface area contributed by atoms with E-state index in [1.807, 2.05) is 37.4 Å². The third-order valence-corrected chi connectivity index (χ3v) is 4.53. The van der Waals surface area contributed by atoms with Crippen LogP contribution in [-0.4, -0.2) is 28.7 Å². The Labute approximate surface area is 165 Å². The number of carbonyl (C=O) groups excluding carboxylic acids is 1. The average Bonchev–Trinajstić information content (AvgIpc) is 2.99.